The summed E-state index contributed by atoms with van der Waals surface area (Å²) in [7, 11) is 0. The Kier molecular flexibility index (Phi) is 3.14. The fourth-order valence-corrected chi connectivity index (χ4v) is 2.96. The van der Waals surface area contributed by atoms with Crippen LogP contribution in [0.5, 0.6) is 0 Å². The average molecular weight is 342 g/mol. The summed E-state index contributed by atoms with van der Waals surface area (Å²) in [5.41, 5.74) is 4.07. The van der Waals surface area contributed by atoms with Gasteiger partial charge in [-0.2, -0.15) is 9.61 Å². The number of para-hydroxylation sites is 3. The Morgan fingerprint density at radius 1 is 0.962 bits per heavy atom. The van der Waals surface area contributed by atoms with E-state index in [0.29, 0.717) is 11.5 Å². The van der Waals surface area contributed by atoms with Gasteiger partial charge in [0, 0.05) is 6.07 Å². The molecular formula is C18H14N8. The lowest BCUT2D eigenvalue weighted by Crippen LogP contribution is -2.06. The molecule has 0 amide bonds. The second-order valence-electron chi connectivity index (χ2n) is 5.91. The van der Waals surface area contributed by atoms with Gasteiger partial charge in [0.1, 0.15) is 5.82 Å². The SMILES string of the molecule is Cc1cc(Nc2nc3ccccc3n3nnnc23)n(-c2ccccc2)n1. The molecule has 0 saturated heterocycles. The van der Waals surface area contributed by atoms with Gasteiger partial charge in [0.05, 0.1) is 22.4 Å². The first-order valence-electron chi connectivity index (χ1n) is 8.15. The molecule has 126 valence electrons. The maximum absolute atomic E-state index is 4.70. The van der Waals surface area contributed by atoms with Crippen LogP contribution in [0.1, 0.15) is 5.69 Å². The predicted octanol–water partition coefficient (Wildman–Crippen LogP) is 2.91. The van der Waals surface area contributed by atoms with E-state index in [2.05, 4.69) is 25.9 Å². The van der Waals surface area contributed by atoms with E-state index in [9.17, 15) is 0 Å². The maximum atomic E-state index is 4.70. The fraction of sp³-hybridized carbons (Fsp3) is 0.0556. The van der Waals surface area contributed by atoms with Crippen molar-refractivity contribution in [2.24, 2.45) is 0 Å². The lowest BCUT2D eigenvalue weighted by Gasteiger charge is -2.10. The lowest BCUT2D eigenvalue weighted by atomic mass is 10.3. The third kappa shape index (κ3) is 2.27. The van der Waals surface area contributed by atoms with Crippen LogP contribution < -0.4 is 5.32 Å². The highest BCUT2D eigenvalue weighted by molar-refractivity contribution is 5.83. The first-order chi connectivity index (χ1) is 12.8. The molecule has 0 fully saturated rings. The number of fused-ring (bicyclic) bond motifs is 3. The monoisotopic (exact) mass is 342 g/mol. The van der Waals surface area contributed by atoms with Crippen molar-refractivity contribution < 1.29 is 0 Å². The zero-order valence-corrected chi connectivity index (χ0v) is 13.9. The molecule has 0 unspecified atom stereocenters. The summed E-state index contributed by atoms with van der Waals surface area (Å²) in [6.07, 6.45) is 0. The van der Waals surface area contributed by atoms with Crippen molar-refractivity contribution in [1.29, 1.82) is 0 Å². The molecule has 3 aromatic heterocycles. The van der Waals surface area contributed by atoms with Crippen LogP contribution in [0.25, 0.3) is 22.4 Å². The Bertz CT molecular complexity index is 1220. The number of hydrogen-bond donors (Lipinski definition) is 1. The first kappa shape index (κ1) is 14.5. The van der Waals surface area contributed by atoms with Crippen molar-refractivity contribution >= 4 is 28.3 Å². The molecule has 0 spiro atoms. The zero-order valence-electron chi connectivity index (χ0n) is 13.9. The summed E-state index contributed by atoms with van der Waals surface area (Å²) in [6, 6.07) is 19.6. The molecule has 0 saturated carbocycles. The van der Waals surface area contributed by atoms with Crippen molar-refractivity contribution in [2.75, 3.05) is 5.32 Å². The number of tetrazole rings is 1. The van der Waals surface area contributed by atoms with Crippen molar-refractivity contribution in [3.05, 3.63) is 66.4 Å². The molecule has 8 heteroatoms. The summed E-state index contributed by atoms with van der Waals surface area (Å²) in [6.45, 7) is 1.95. The van der Waals surface area contributed by atoms with Crippen LogP contribution in [0.4, 0.5) is 11.6 Å². The van der Waals surface area contributed by atoms with Crippen LogP contribution in [-0.2, 0) is 0 Å². The highest BCUT2D eigenvalue weighted by atomic mass is 15.5. The third-order valence-electron chi connectivity index (χ3n) is 4.10. The minimum atomic E-state index is 0.558. The topological polar surface area (TPSA) is 85.8 Å². The molecule has 3 heterocycles. The van der Waals surface area contributed by atoms with Crippen LogP contribution in [0, 0.1) is 6.92 Å². The van der Waals surface area contributed by atoms with Gasteiger partial charge in [-0.1, -0.05) is 30.3 Å². The van der Waals surface area contributed by atoms with Gasteiger partial charge < -0.3 is 5.32 Å². The van der Waals surface area contributed by atoms with E-state index >= 15 is 0 Å². The predicted molar refractivity (Wildman–Crippen MR) is 97.7 cm³/mol. The van der Waals surface area contributed by atoms with Gasteiger partial charge in [-0.05, 0) is 41.6 Å². The zero-order chi connectivity index (χ0) is 17.5. The lowest BCUT2D eigenvalue weighted by molar-refractivity contribution is 0.840. The molecule has 8 nitrogen and oxygen atoms in total. The number of nitrogens with zero attached hydrogens (tertiary/aromatic N) is 7. The minimum Gasteiger partial charge on any atom is -0.322 e. The summed E-state index contributed by atoms with van der Waals surface area (Å²) in [5.74, 6) is 1.37. The average Bonchev–Trinajstić information content (AvgIpc) is 3.30. The smallest absolute Gasteiger partial charge is 0.222 e. The van der Waals surface area contributed by atoms with E-state index in [1.807, 2.05) is 72.3 Å². The largest absolute Gasteiger partial charge is 0.322 e. The number of aromatic nitrogens is 7. The van der Waals surface area contributed by atoms with E-state index in [-0.39, 0.29) is 0 Å². The van der Waals surface area contributed by atoms with Crippen LogP contribution in [0.2, 0.25) is 0 Å². The molecule has 0 aliphatic rings. The number of anilines is 2. The Balaban J connectivity index is 1.67. The standard InChI is InChI=1S/C18H14N8/c1-12-11-16(25(22-12)13-7-3-2-4-8-13)20-17-18-21-23-24-26(18)15-10-6-5-9-14(15)19-17/h2-11H,1H3,(H,19,20). The molecule has 5 rings (SSSR count). The second-order valence-corrected chi connectivity index (χ2v) is 5.91. The van der Waals surface area contributed by atoms with Gasteiger partial charge >= 0.3 is 0 Å². The Morgan fingerprint density at radius 2 is 1.77 bits per heavy atom. The first-order valence-corrected chi connectivity index (χ1v) is 8.15. The Morgan fingerprint density at radius 3 is 2.65 bits per heavy atom. The highest BCUT2D eigenvalue weighted by Gasteiger charge is 2.14. The molecule has 0 radical (unpaired) electrons. The Hall–Kier alpha value is -3.81. The van der Waals surface area contributed by atoms with E-state index in [0.717, 1.165) is 28.2 Å². The molecule has 26 heavy (non-hydrogen) atoms. The van der Waals surface area contributed by atoms with Crippen LogP contribution in [-0.4, -0.2) is 34.8 Å². The van der Waals surface area contributed by atoms with Gasteiger partial charge in [0.25, 0.3) is 0 Å². The maximum Gasteiger partial charge on any atom is 0.222 e. The molecule has 0 aliphatic carbocycles. The molecule has 0 bridgehead atoms. The van der Waals surface area contributed by atoms with Crippen molar-refractivity contribution in [3.8, 4) is 5.69 Å². The number of nitrogens with one attached hydrogen (secondary N) is 1. The fourth-order valence-electron chi connectivity index (χ4n) is 2.96. The summed E-state index contributed by atoms with van der Waals surface area (Å²) in [5, 5.41) is 19.9. The summed E-state index contributed by atoms with van der Waals surface area (Å²) >= 11 is 0. The normalized spacial score (nSPS) is 11.3. The number of aryl methyl sites for hydroxylation is 1. The second kappa shape index (κ2) is 5.62. The van der Waals surface area contributed by atoms with Crippen molar-refractivity contribution in [1.82, 2.24) is 34.8 Å². The van der Waals surface area contributed by atoms with E-state index in [1.54, 1.807) is 4.52 Å². The van der Waals surface area contributed by atoms with Crippen LogP contribution in [0.3, 0.4) is 0 Å². The van der Waals surface area contributed by atoms with Gasteiger partial charge in [-0.15, -0.1) is 5.10 Å². The molecule has 0 aliphatic heterocycles. The minimum absolute atomic E-state index is 0.558. The highest BCUT2D eigenvalue weighted by Crippen LogP contribution is 2.24. The number of benzene rings is 2. The summed E-state index contributed by atoms with van der Waals surface area (Å²) < 4.78 is 3.52. The van der Waals surface area contributed by atoms with Crippen molar-refractivity contribution in [2.45, 2.75) is 6.92 Å². The van der Waals surface area contributed by atoms with Gasteiger partial charge in [-0.25, -0.2) is 9.67 Å². The van der Waals surface area contributed by atoms with E-state index < -0.39 is 0 Å². The van der Waals surface area contributed by atoms with Crippen LogP contribution >= 0.6 is 0 Å². The molecule has 2 aromatic carbocycles. The Labute approximate surface area is 148 Å². The molecule has 5 aromatic rings. The van der Waals surface area contributed by atoms with E-state index in [4.69, 9.17) is 4.98 Å². The third-order valence-corrected chi connectivity index (χ3v) is 4.10. The quantitative estimate of drug-likeness (QED) is 0.542. The summed E-state index contributed by atoms with van der Waals surface area (Å²) in [4.78, 5) is 4.70. The number of rotatable bonds is 3. The number of hydrogen-bond acceptors (Lipinski definition) is 6. The van der Waals surface area contributed by atoms with Gasteiger partial charge in [-0.3, -0.25) is 0 Å². The molecular weight excluding hydrogens is 328 g/mol. The van der Waals surface area contributed by atoms with Crippen LogP contribution in [0.15, 0.2) is 60.7 Å². The van der Waals surface area contributed by atoms with Crippen molar-refractivity contribution in [3.63, 3.8) is 0 Å². The van der Waals surface area contributed by atoms with E-state index in [1.165, 1.54) is 0 Å². The molecule has 1 N–H and O–H groups in total. The van der Waals surface area contributed by atoms with Gasteiger partial charge in [0.15, 0.2) is 5.82 Å². The molecule has 0 atom stereocenters. The van der Waals surface area contributed by atoms with Gasteiger partial charge in [0.2, 0.25) is 5.65 Å².